The number of halogens is 5. The van der Waals surface area contributed by atoms with Gasteiger partial charge in [0.2, 0.25) is 10.7 Å². The van der Waals surface area contributed by atoms with Crippen LogP contribution >= 0.6 is 34.7 Å². The van der Waals surface area contributed by atoms with Gasteiger partial charge in [0.15, 0.2) is 6.10 Å². The normalized spacial score (nSPS) is 13.5. The summed E-state index contributed by atoms with van der Waals surface area (Å²) in [6.07, 6.45) is -2.88. The van der Waals surface area contributed by atoms with Crippen LogP contribution in [0, 0.1) is 5.82 Å². The first-order chi connectivity index (χ1) is 22.7. The van der Waals surface area contributed by atoms with Crippen LogP contribution < -0.4 is 19.1 Å². The lowest BCUT2D eigenvalue weighted by Gasteiger charge is -2.15. The molecule has 5 rings (SSSR count). The van der Waals surface area contributed by atoms with Crippen LogP contribution in [0.25, 0.3) is 0 Å². The number of fused-ring (bicyclic) bond motifs is 1. The van der Waals surface area contributed by atoms with Gasteiger partial charge in [0.05, 0.1) is 23.4 Å². The third-order valence-corrected chi connectivity index (χ3v) is 8.78. The van der Waals surface area contributed by atoms with E-state index in [-0.39, 0.29) is 27.2 Å². The van der Waals surface area contributed by atoms with Crippen LogP contribution in [0.1, 0.15) is 25.3 Å². The standard InChI is InChI=1S/C15H15ClFN3O3S2.C15H12F3NO4/c1-23-13(21)8-24-12-7-11(10(17)6-9(12)16)18-14-19-4-2-3-5-20(19)15(22)25-14;1-9(14(20)21)22-11-3-5-12(6-4-11)23-13-7-2-10(8-19-13)15(16,17)18/h6-7H,2-5,8H2,1H3;2-9H,1H3,(H,20,21)/b18-14-;. The minimum Gasteiger partial charge on any atom is -0.479 e. The van der Waals surface area contributed by atoms with Gasteiger partial charge in [-0.2, -0.15) is 13.2 Å². The zero-order valence-electron chi connectivity index (χ0n) is 25.2. The molecule has 1 aliphatic rings. The predicted molar refractivity (Wildman–Crippen MR) is 169 cm³/mol. The van der Waals surface area contributed by atoms with Gasteiger partial charge in [0.1, 0.15) is 23.0 Å². The molecule has 0 saturated carbocycles. The Balaban J connectivity index is 0.000000218. The molecule has 0 saturated heterocycles. The quantitative estimate of drug-likeness (QED) is 0.116. The van der Waals surface area contributed by atoms with Gasteiger partial charge < -0.3 is 19.3 Å². The van der Waals surface area contributed by atoms with E-state index in [4.69, 9.17) is 26.2 Å². The second-order valence-corrected chi connectivity index (χ2v) is 12.2. The molecule has 256 valence electrons. The first kappa shape index (κ1) is 36.5. The molecule has 1 aliphatic heterocycles. The van der Waals surface area contributed by atoms with Crippen LogP contribution in [0.3, 0.4) is 0 Å². The lowest BCUT2D eigenvalue weighted by molar-refractivity contribution is -0.144. The number of hydrogen-bond donors (Lipinski definition) is 1. The van der Waals surface area contributed by atoms with Crippen molar-refractivity contribution < 1.29 is 46.5 Å². The Labute approximate surface area is 283 Å². The molecule has 18 heteroatoms. The first-order valence-corrected chi connectivity index (χ1v) is 16.2. The summed E-state index contributed by atoms with van der Waals surface area (Å²) in [6.45, 7) is 2.71. The van der Waals surface area contributed by atoms with E-state index >= 15 is 0 Å². The van der Waals surface area contributed by atoms with Gasteiger partial charge in [0, 0.05) is 30.2 Å². The fourth-order valence-corrected chi connectivity index (χ4v) is 5.99. The smallest absolute Gasteiger partial charge is 0.417 e. The van der Waals surface area contributed by atoms with Crippen LogP contribution in [0.4, 0.5) is 23.2 Å². The molecule has 0 radical (unpaired) electrons. The zero-order chi connectivity index (χ0) is 35.0. The summed E-state index contributed by atoms with van der Waals surface area (Å²) in [5.74, 6) is -1.36. The number of nitrogens with zero attached hydrogens (tertiary/aromatic N) is 4. The van der Waals surface area contributed by atoms with Gasteiger partial charge in [-0.05, 0) is 73.6 Å². The summed E-state index contributed by atoms with van der Waals surface area (Å²) in [6, 6.07) is 10.6. The Hall–Kier alpha value is -4.35. The molecule has 2 aromatic carbocycles. The number of methoxy groups -OCH3 is 1. The van der Waals surface area contributed by atoms with Gasteiger partial charge >= 0.3 is 23.0 Å². The highest BCUT2D eigenvalue weighted by molar-refractivity contribution is 8.00. The number of benzene rings is 2. The second-order valence-electron chi connectivity index (χ2n) is 9.87. The number of alkyl halides is 3. The molecule has 11 nitrogen and oxygen atoms in total. The number of aromatic nitrogens is 3. The van der Waals surface area contributed by atoms with Crippen molar-refractivity contribution in [3.8, 4) is 17.4 Å². The number of hydrogen-bond acceptors (Lipinski definition) is 10. The molecule has 0 bridgehead atoms. The number of carboxylic acids is 1. The van der Waals surface area contributed by atoms with E-state index in [0.29, 0.717) is 40.5 Å². The molecule has 0 spiro atoms. The number of carbonyl (C=O) groups is 2. The third kappa shape index (κ3) is 9.84. The molecule has 0 fully saturated rings. The molecule has 1 unspecified atom stereocenters. The van der Waals surface area contributed by atoms with Gasteiger partial charge in [-0.25, -0.2) is 23.8 Å². The summed E-state index contributed by atoms with van der Waals surface area (Å²) in [5, 5.41) is 8.93. The van der Waals surface area contributed by atoms with E-state index in [1.54, 1.807) is 9.36 Å². The molecule has 0 amide bonds. The van der Waals surface area contributed by atoms with Crippen LogP contribution in [0.5, 0.6) is 17.4 Å². The first-order valence-electron chi connectivity index (χ1n) is 14.0. The highest BCUT2D eigenvalue weighted by atomic mass is 35.5. The minimum absolute atomic E-state index is 0.00516. The molecule has 2 aromatic heterocycles. The highest BCUT2D eigenvalue weighted by Gasteiger charge is 2.30. The predicted octanol–water partition coefficient (Wildman–Crippen LogP) is 6.54. The maximum atomic E-state index is 14.3. The van der Waals surface area contributed by atoms with Gasteiger partial charge in [-0.3, -0.25) is 14.3 Å². The topological polar surface area (TPSA) is 134 Å². The maximum Gasteiger partial charge on any atom is 0.417 e. The monoisotopic (exact) mass is 730 g/mol. The van der Waals surface area contributed by atoms with Crippen molar-refractivity contribution in [1.82, 2.24) is 14.3 Å². The molecular weight excluding hydrogens is 704 g/mol. The van der Waals surface area contributed by atoms with E-state index in [1.165, 1.54) is 44.4 Å². The van der Waals surface area contributed by atoms with Crippen molar-refractivity contribution in [2.24, 2.45) is 4.99 Å². The van der Waals surface area contributed by atoms with Crippen molar-refractivity contribution >= 4 is 52.3 Å². The van der Waals surface area contributed by atoms with E-state index in [0.717, 1.165) is 54.1 Å². The van der Waals surface area contributed by atoms with Crippen molar-refractivity contribution in [3.05, 3.63) is 85.6 Å². The summed E-state index contributed by atoms with van der Waals surface area (Å²) in [7, 11) is 1.30. The Morgan fingerprint density at radius 2 is 1.77 bits per heavy atom. The maximum absolute atomic E-state index is 14.3. The van der Waals surface area contributed by atoms with Crippen LogP contribution in [0.15, 0.2) is 69.4 Å². The Bertz CT molecular complexity index is 1880. The Kier molecular flexibility index (Phi) is 12.3. The number of carbonyl (C=O) groups excluding carboxylic acids is 1. The van der Waals surface area contributed by atoms with Crippen molar-refractivity contribution in [1.29, 1.82) is 0 Å². The second kappa shape index (κ2) is 16.2. The number of aliphatic carboxylic acids is 1. The number of carboxylic acid groups (broad SMARTS) is 1. The van der Waals surface area contributed by atoms with Crippen molar-refractivity contribution in [2.75, 3.05) is 12.9 Å². The SMILES string of the molecule is CC(Oc1ccc(Oc2ccc(C(F)(F)F)cn2)cc1)C(=O)O.COC(=O)CSc1cc(/N=c2\sc(=O)n3n2CCCC3)c(F)cc1Cl. The number of esters is 1. The van der Waals surface area contributed by atoms with Gasteiger partial charge in [-0.15, -0.1) is 11.8 Å². The third-order valence-electron chi connectivity index (χ3n) is 6.45. The summed E-state index contributed by atoms with van der Waals surface area (Å²) >= 11 is 8.17. The molecule has 48 heavy (non-hydrogen) atoms. The molecule has 1 atom stereocenters. The summed E-state index contributed by atoms with van der Waals surface area (Å²) in [5.41, 5.74) is -0.782. The van der Waals surface area contributed by atoms with Crippen molar-refractivity contribution in [3.63, 3.8) is 0 Å². The molecule has 1 N–H and O–H groups in total. The number of thioether (sulfide) groups is 1. The largest absolute Gasteiger partial charge is 0.479 e. The zero-order valence-corrected chi connectivity index (χ0v) is 27.6. The average molecular weight is 731 g/mol. The average Bonchev–Trinajstić information content (AvgIpc) is 3.37. The van der Waals surface area contributed by atoms with Crippen LogP contribution in [-0.2, 0) is 33.6 Å². The molecule has 0 aliphatic carbocycles. The fraction of sp³-hybridized carbons (Fsp3) is 0.300. The Morgan fingerprint density at radius 3 is 2.38 bits per heavy atom. The lowest BCUT2D eigenvalue weighted by atomic mass is 10.3. The molecule has 4 aromatic rings. The van der Waals surface area contributed by atoms with Crippen LogP contribution in [0.2, 0.25) is 5.02 Å². The Morgan fingerprint density at radius 1 is 1.10 bits per heavy atom. The highest BCUT2D eigenvalue weighted by Crippen LogP contribution is 2.33. The van der Waals surface area contributed by atoms with Crippen LogP contribution in [-0.4, -0.2) is 50.4 Å². The molecule has 3 heterocycles. The summed E-state index contributed by atoms with van der Waals surface area (Å²) in [4.78, 5) is 42.8. The minimum atomic E-state index is -4.45. The van der Waals surface area contributed by atoms with E-state index < -0.39 is 35.6 Å². The molecular formula is C30H27ClF4N4O7S2. The summed E-state index contributed by atoms with van der Waals surface area (Å²) < 4.78 is 69.9. The fourth-order valence-electron chi connectivity index (χ4n) is 4.00. The van der Waals surface area contributed by atoms with E-state index in [9.17, 15) is 31.9 Å². The number of ether oxygens (including phenoxy) is 3. The van der Waals surface area contributed by atoms with Crippen molar-refractivity contribution in [2.45, 2.75) is 50.0 Å². The number of rotatable bonds is 9. The van der Waals surface area contributed by atoms with E-state index in [2.05, 4.69) is 14.7 Å². The van der Waals surface area contributed by atoms with Gasteiger partial charge in [-0.1, -0.05) is 11.6 Å². The van der Waals surface area contributed by atoms with E-state index in [1.807, 2.05) is 0 Å². The van der Waals surface area contributed by atoms with Gasteiger partial charge in [0.25, 0.3) is 0 Å². The number of pyridine rings is 1. The lowest BCUT2D eigenvalue weighted by Crippen LogP contribution is -2.31.